The second-order valence-corrected chi connectivity index (χ2v) is 8.80. The predicted octanol–water partition coefficient (Wildman–Crippen LogP) is 4.66. The SMILES string of the molecule is O=C(Nc1cn2nc(-c3cccc(NC(=O)N4OCCC4c4ccccc4)c3)ccc2n1)C1CC1. The van der Waals surface area contributed by atoms with Crippen LogP contribution in [0.5, 0.6) is 0 Å². The summed E-state index contributed by atoms with van der Waals surface area (Å²) in [6.07, 6.45) is 4.32. The number of hydrogen-bond donors (Lipinski definition) is 2. The van der Waals surface area contributed by atoms with Crippen LogP contribution in [0.15, 0.2) is 72.9 Å². The standard InChI is InChI=1S/C26H24N6O3/c33-25(18-9-10-18)29-23-16-31-24(28-23)12-11-21(30-31)19-7-4-8-20(15-19)27-26(34)32-22(13-14-35-32)17-5-2-1-3-6-17/h1-8,11-12,15-16,18,22H,9-10,13-14H2,(H,27,34)(H,29,33). The number of hydrogen-bond acceptors (Lipinski definition) is 5. The lowest BCUT2D eigenvalue weighted by atomic mass is 10.1. The maximum absolute atomic E-state index is 13.0. The fourth-order valence-corrected chi connectivity index (χ4v) is 4.25. The van der Waals surface area contributed by atoms with Crippen LogP contribution in [-0.2, 0) is 9.63 Å². The Balaban J connectivity index is 1.19. The van der Waals surface area contributed by atoms with Crippen LogP contribution in [0.4, 0.5) is 16.3 Å². The van der Waals surface area contributed by atoms with Crippen molar-refractivity contribution in [1.82, 2.24) is 19.7 Å². The Hall–Kier alpha value is -4.24. The average Bonchev–Trinajstić information content (AvgIpc) is 3.48. The second kappa shape index (κ2) is 8.84. The predicted molar refractivity (Wildman–Crippen MR) is 130 cm³/mol. The molecule has 1 aliphatic heterocycles. The monoisotopic (exact) mass is 468 g/mol. The van der Waals surface area contributed by atoms with Gasteiger partial charge in [0.2, 0.25) is 5.91 Å². The molecule has 4 aromatic rings. The van der Waals surface area contributed by atoms with Gasteiger partial charge in [-0.3, -0.25) is 9.63 Å². The first-order valence-electron chi connectivity index (χ1n) is 11.7. The summed E-state index contributed by atoms with van der Waals surface area (Å²) < 4.78 is 1.64. The first-order chi connectivity index (χ1) is 17.1. The molecule has 1 unspecified atom stereocenters. The van der Waals surface area contributed by atoms with Crippen molar-refractivity contribution in [3.05, 3.63) is 78.5 Å². The van der Waals surface area contributed by atoms with E-state index in [1.807, 2.05) is 66.7 Å². The van der Waals surface area contributed by atoms with E-state index in [4.69, 9.17) is 4.84 Å². The normalized spacial score (nSPS) is 17.5. The highest BCUT2D eigenvalue weighted by atomic mass is 16.7. The number of carbonyl (C=O) groups is 2. The van der Waals surface area contributed by atoms with Gasteiger partial charge >= 0.3 is 6.03 Å². The molecule has 1 atom stereocenters. The third kappa shape index (κ3) is 4.45. The number of anilines is 2. The van der Waals surface area contributed by atoms with E-state index in [1.54, 1.807) is 10.7 Å². The van der Waals surface area contributed by atoms with Gasteiger partial charge in [-0.25, -0.2) is 14.3 Å². The molecule has 176 valence electrons. The number of aromatic nitrogens is 3. The highest BCUT2D eigenvalue weighted by molar-refractivity contribution is 5.93. The smallest absolute Gasteiger partial charge is 0.309 e. The van der Waals surface area contributed by atoms with Crippen LogP contribution in [0.2, 0.25) is 0 Å². The van der Waals surface area contributed by atoms with Crippen LogP contribution in [-0.4, -0.2) is 38.2 Å². The zero-order valence-electron chi connectivity index (χ0n) is 18.9. The zero-order valence-corrected chi connectivity index (χ0v) is 18.9. The Morgan fingerprint density at radius 2 is 1.80 bits per heavy atom. The molecular weight excluding hydrogens is 444 g/mol. The van der Waals surface area contributed by atoms with Crippen LogP contribution < -0.4 is 10.6 Å². The van der Waals surface area contributed by atoms with Crippen LogP contribution in [0.25, 0.3) is 16.9 Å². The maximum atomic E-state index is 13.0. The Morgan fingerprint density at radius 3 is 2.63 bits per heavy atom. The van der Waals surface area contributed by atoms with Gasteiger partial charge in [-0.15, -0.1) is 0 Å². The molecule has 0 bridgehead atoms. The minimum absolute atomic E-state index is 0.00792. The van der Waals surface area contributed by atoms with Gasteiger partial charge < -0.3 is 10.6 Å². The molecule has 9 heteroatoms. The topological polar surface area (TPSA) is 101 Å². The Morgan fingerprint density at radius 1 is 0.943 bits per heavy atom. The fourth-order valence-electron chi connectivity index (χ4n) is 4.25. The van der Waals surface area contributed by atoms with Gasteiger partial charge in [0.1, 0.15) is 0 Å². The largest absolute Gasteiger partial charge is 0.346 e. The molecule has 3 amide bonds. The van der Waals surface area contributed by atoms with E-state index in [0.29, 0.717) is 29.5 Å². The minimum Gasteiger partial charge on any atom is -0.309 e. The lowest BCUT2D eigenvalue weighted by Crippen LogP contribution is -2.33. The Labute approximate surface area is 201 Å². The number of imidazole rings is 1. The lowest BCUT2D eigenvalue weighted by molar-refractivity contribution is -0.117. The molecule has 9 nitrogen and oxygen atoms in total. The van der Waals surface area contributed by atoms with Crippen molar-refractivity contribution >= 4 is 29.1 Å². The number of nitrogens with one attached hydrogen (secondary N) is 2. The molecule has 1 saturated heterocycles. The summed E-state index contributed by atoms with van der Waals surface area (Å²) in [6, 6.07) is 20.6. The first-order valence-corrected chi connectivity index (χ1v) is 11.7. The summed E-state index contributed by atoms with van der Waals surface area (Å²) >= 11 is 0. The average molecular weight is 469 g/mol. The molecule has 3 heterocycles. The number of fused-ring (bicyclic) bond motifs is 1. The summed E-state index contributed by atoms with van der Waals surface area (Å²) in [6.45, 7) is 0.491. The van der Waals surface area contributed by atoms with Crippen molar-refractivity contribution in [3.8, 4) is 11.3 Å². The maximum Gasteiger partial charge on any atom is 0.346 e. The minimum atomic E-state index is -0.317. The summed E-state index contributed by atoms with van der Waals surface area (Å²) in [5.74, 6) is 0.606. The van der Waals surface area contributed by atoms with E-state index in [1.165, 1.54) is 5.06 Å². The molecule has 0 radical (unpaired) electrons. The molecule has 2 aromatic carbocycles. The number of hydroxylamine groups is 2. The number of carbonyl (C=O) groups excluding carboxylic acids is 2. The van der Waals surface area contributed by atoms with Crippen molar-refractivity contribution in [1.29, 1.82) is 0 Å². The molecule has 35 heavy (non-hydrogen) atoms. The number of benzene rings is 2. The molecule has 1 aliphatic carbocycles. The molecule has 6 rings (SSSR count). The second-order valence-electron chi connectivity index (χ2n) is 8.80. The highest BCUT2D eigenvalue weighted by Gasteiger charge is 2.32. The van der Waals surface area contributed by atoms with E-state index < -0.39 is 0 Å². The van der Waals surface area contributed by atoms with E-state index >= 15 is 0 Å². The third-order valence-corrected chi connectivity index (χ3v) is 6.22. The quantitative estimate of drug-likeness (QED) is 0.444. The number of nitrogens with zero attached hydrogens (tertiary/aromatic N) is 4. The summed E-state index contributed by atoms with van der Waals surface area (Å²) in [4.78, 5) is 35.1. The van der Waals surface area contributed by atoms with E-state index in [9.17, 15) is 9.59 Å². The van der Waals surface area contributed by atoms with Crippen molar-refractivity contribution < 1.29 is 14.4 Å². The highest BCUT2D eigenvalue weighted by Crippen LogP contribution is 2.32. The molecule has 2 aliphatic rings. The van der Waals surface area contributed by atoms with E-state index in [-0.39, 0.29) is 23.9 Å². The number of rotatable bonds is 5. The summed E-state index contributed by atoms with van der Waals surface area (Å²) in [5.41, 5.74) is 3.87. The summed E-state index contributed by atoms with van der Waals surface area (Å²) in [7, 11) is 0. The van der Waals surface area contributed by atoms with Crippen molar-refractivity contribution in [2.75, 3.05) is 17.2 Å². The fraction of sp³-hybridized carbons (Fsp3) is 0.231. The molecule has 2 aromatic heterocycles. The molecular formula is C26H24N6O3. The van der Waals surface area contributed by atoms with Crippen LogP contribution >= 0.6 is 0 Å². The van der Waals surface area contributed by atoms with Gasteiger partial charge in [-0.1, -0.05) is 42.5 Å². The molecule has 1 saturated carbocycles. The van der Waals surface area contributed by atoms with Gasteiger partial charge in [0.25, 0.3) is 0 Å². The van der Waals surface area contributed by atoms with E-state index in [0.717, 1.165) is 30.4 Å². The molecule has 2 fully saturated rings. The third-order valence-electron chi connectivity index (χ3n) is 6.22. The van der Waals surface area contributed by atoms with Crippen LogP contribution in [0, 0.1) is 5.92 Å². The van der Waals surface area contributed by atoms with Crippen molar-refractivity contribution in [3.63, 3.8) is 0 Å². The lowest BCUT2D eigenvalue weighted by Gasteiger charge is -2.23. The van der Waals surface area contributed by atoms with Gasteiger partial charge in [0.15, 0.2) is 11.5 Å². The Bertz CT molecular complexity index is 1400. The van der Waals surface area contributed by atoms with E-state index in [2.05, 4.69) is 20.7 Å². The van der Waals surface area contributed by atoms with Crippen molar-refractivity contribution in [2.45, 2.75) is 25.3 Å². The van der Waals surface area contributed by atoms with Crippen LogP contribution in [0.1, 0.15) is 30.9 Å². The Kier molecular flexibility index (Phi) is 5.38. The number of amides is 3. The molecule has 0 spiro atoms. The van der Waals surface area contributed by atoms with Gasteiger partial charge in [0.05, 0.1) is 24.5 Å². The summed E-state index contributed by atoms with van der Waals surface area (Å²) in [5, 5.41) is 11.8. The van der Waals surface area contributed by atoms with Gasteiger partial charge in [-0.05, 0) is 42.7 Å². The van der Waals surface area contributed by atoms with Gasteiger partial charge in [-0.2, -0.15) is 10.2 Å². The van der Waals surface area contributed by atoms with Crippen molar-refractivity contribution in [2.24, 2.45) is 5.92 Å². The van der Waals surface area contributed by atoms with Crippen LogP contribution in [0.3, 0.4) is 0 Å². The zero-order chi connectivity index (χ0) is 23.8. The molecule has 2 N–H and O–H groups in total. The number of urea groups is 1. The van der Waals surface area contributed by atoms with Gasteiger partial charge in [0, 0.05) is 23.6 Å². The first kappa shape index (κ1) is 21.3.